The molecule has 0 aromatic carbocycles. The SMILES string of the molecule is [C-]#[N+]c1c(N2Cc3cn[nH]c3C2)nc(Cl)c(C#N)c1CC. The average molecular weight is 299 g/mol. The Morgan fingerprint density at radius 2 is 2.38 bits per heavy atom. The molecule has 0 spiro atoms. The van der Waals surface area contributed by atoms with Crippen LogP contribution < -0.4 is 4.90 Å². The van der Waals surface area contributed by atoms with Crippen molar-refractivity contribution in [3.8, 4) is 6.07 Å². The van der Waals surface area contributed by atoms with Crippen LogP contribution in [0.1, 0.15) is 29.3 Å². The van der Waals surface area contributed by atoms with Crippen LogP contribution in [0.5, 0.6) is 0 Å². The minimum atomic E-state index is 0.158. The number of aromatic amines is 1. The zero-order valence-corrected chi connectivity index (χ0v) is 12.1. The van der Waals surface area contributed by atoms with Gasteiger partial charge in [0, 0.05) is 12.1 Å². The fourth-order valence-electron chi connectivity index (χ4n) is 2.59. The highest BCUT2D eigenvalue weighted by Crippen LogP contribution is 2.39. The van der Waals surface area contributed by atoms with Gasteiger partial charge in [0.2, 0.25) is 5.69 Å². The van der Waals surface area contributed by atoms with E-state index in [1.165, 1.54) is 0 Å². The van der Waals surface area contributed by atoms with Gasteiger partial charge >= 0.3 is 0 Å². The van der Waals surface area contributed by atoms with Crippen molar-refractivity contribution in [3.63, 3.8) is 0 Å². The van der Waals surface area contributed by atoms with Crippen LogP contribution in [-0.4, -0.2) is 15.2 Å². The van der Waals surface area contributed by atoms with Gasteiger partial charge in [0.05, 0.1) is 30.6 Å². The van der Waals surface area contributed by atoms with Crippen molar-refractivity contribution in [2.45, 2.75) is 26.4 Å². The molecule has 2 aromatic rings. The van der Waals surface area contributed by atoms with Gasteiger partial charge in [-0.15, -0.1) is 0 Å². The number of aromatic nitrogens is 3. The molecule has 0 fully saturated rings. The highest BCUT2D eigenvalue weighted by atomic mass is 35.5. The van der Waals surface area contributed by atoms with E-state index in [0.717, 1.165) is 11.3 Å². The highest BCUT2D eigenvalue weighted by Gasteiger charge is 2.27. The summed E-state index contributed by atoms with van der Waals surface area (Å²) < 4.78 is 0. The Balaban J connectivity index is 2.12. The van der Waals surface area contributed by atoms with Gasteiger partial charge in [-0.25, -0.2) is 9.83 Å². The second-order valence-corrected chi connectivity index (χ2v) is 5.09. The van der Waals surface area contributed by atoms with Crippen molar-refractivity contribution in [2.75, 3.05) is 4.90 Å². The van der Waals surface area contributed by atoms with Crippen molar-refractivity contribution >= 4 is 23.1 Å². The topological polar surface area (TPSA) is 73.0 Å². The predicted octanol–water partition coefficient (Wildman–Crippen LogP) is 2.96. The van der Waals surface area contributed by atoms with E-state index < -0.39 is 0 Å². The van der Waals surface area contributed by atoms with Crippen molar-refractivity contribution in [1.29, 1.82) is 5.26 Å². The van der Waals surface area contributed by atoms with Crippen LogP contribution in [-0.2, 0) is 19.5 Å². The minimum absolute atomic E-state index is 0.158. The lowest BCUT2D eigenvalue weighted by atomic mass is 10.1. The fraction of sp³-hybridized carbons (Fsp3) is 0.286. The molecule has 21 heavy (non-hydrogen) atoms. The van der Waals surface area contributed by atoms with Gasteiger partial charge in [0.15, 0.2) is 0 Å². The Bertz CT molecular complexity index is 775. The summed E-state index contributed by atoms with van der Waals surface area (Å²) in [6, 6.07) is 2.05. The van der Waals surface area contributed by atoms with Crippen LogP contribution >= 0.6 is 11.6 Å². The third-order valence-corrected chi connectivity index (χ3v) is 3.88. The normalized spacial score (nSPS) is 12.9. The first-order valence-electron chi connectivity index (χ1n) is 6.45. The second kappa shape index (κ2) is 5.08. The van der Waals surface area contributed by atoms with Crippen molar-refractivity contribution in [2.24, 2.45) is 0 Å². The molecule has 0 aliphatic carbocycles. The quantitative estimate of drug-likeness (QED) is 0.683. The number of rotatable bonds is 2. The number of nitriles is 1. The van der Waals surface area contributed by atoms with Crippen molar-refractivity contribution in [1.82, 2.24) is 15.2 Å². The molecule has 1 aliphatic rings. The van der Waals surface area contributed by atoms with Gasteiger partial charge in [-0.05, 0) is 12.0 Å². The molecule has 0 amide bonds. The molecule has 2 aromatic heterocycles. The molecule has 6 nitrogen and oxygen atoms in total. The molecule has 0 radical (unpaired) electrons. The molecule has 3 rings (SSSR count). The van der Waals surface area contributed by atoms with Crippen molar-refractivity contribution < 1.29 is 0 Å². The number of halogens is 1. The first-order valence-corrected chi connectivity index (χ1v) is 6.83. The van der Waals surface area contributed by atoms with Crippen molar-refractivity contribution in [3.05, 3.63) is 45.2 Å². The fourth-order valence-corrected chi connectivity index (χ4v) is 2.83. The van der Waals surface area contributed by atoms with E-state index in [4.69, 9.17) is 18.2 Å². The van der Waals surface area contributed by atoms with Gasteiger partial charge in [-0.2, -0.15) is 10.4 Å². The van der Waals surface area contributed by atoms with Crippen LogP contribution in [0.15, 0.2) is 6.20 Å². The highest BCUT2D eigenvalue weighted by molar-refractivity contribution is 6.31. The Kier molecular flexibility index (Phi) is 3.25. The maximum Gasteiger partial charge on any atom is 0.232 e. The summed E-state index contributed by atoms with van der Waals surface area (Å²) in [6.07, 6.45) is 2.34. The molecule has 3 heterocycles. The minimum Gasteiger partial charge on any atom is -0.355 e. The third-order valence-electron chi connectivity index (χ3n) is 3.60. The maximum atomic E-state index is 9.21. The van der Waals surface area contributed by atoms with Gasteiger partial charge in [0.25, 0.3) is 0 Å². The summed E-state index contributed by atoms with van der Waals surface area (Å²) >= 11 is 6.12. The lowest BCUT2D eigenvalue weighted by molar-refractivity contribution is 0.825. The number of H-pyrrole nitrogens is 1. The summed E-state index contributed by atoms with van der Waals surface area (Å²) in [5, 5.41) is 16.3. The van der Waals surface area contributed by atoms with E-state index in [-0.39, 0.29) is 5.15 Å². The van der Waals surface area contributed by atoms with Gasteiger partial charge < -0.3 is 4.90 Å². The molecule has 0 bridgehead atoms. The molecule has 104 valence electrons. The number of hydrogen-bond acceptors (Lipinski definition) is 4. The van der Waals surface area contributed by atoms with Gasteiger partial charge in [-0.3, -0.25) is 5.10 Å². The van der Waals surface area contributed by atoms with Crippen LogP contribution in [0.2, 0.25) is 5.15 Å². The summed E-state index contributed by atoms with van der Waals surface area (Å²) in [5.41, 5.74) is 3.48. The lowest BCUT2D eigenvalue weighted by Gasteiger charge is -2.20. The number of hydrogen-bond donors (Lipinski definition) is 1. The molecule has 1 N–H and O–H groups in total. The van der Waals surface area contributed by atoms with Crippen LogP contribution in [0.25, 0.3) is 4.85 Å². The van der Waals surface area contributed by atoms with E-state index in [0.29, 0.717) is 42.1 Å². The number of nitrogens with zero attached hydrogens (tertiary/aromatic N) is 5. The van der Waals surface area contributed by atoms with E-state index >= 15 is 0 Å². The second-order valence-electron chi connectivity index (χ2n) is 4.74. The zero-order valence-electron chi connectivity index (χ0n) is 11.3. The number of pyridine rings is 1. The summed E-state index contributed by atoms with van der Waals surface area (Å²) in [7, 11) is 0. The molecule has 0 saturated carbocycles. The number of fused-ring (bicyclic) bond motifs is 1. The van der Waals surface area contributed by atoms with Crippen LogP contribution in [0, 0.1) is 17.9 Å². The van der Waals surface area contributed by atoms with Gasteiger partial charge in [0.1, 0.15) is 17.0 Å². The molecule has 0 unspecified atom stereocenters. The number of nitrogens with one attached hydrogen (secondary N) is 1. The third kappa shape index (κ3) is 2.01. The molecule has 1 aliphatic heterocycles. The smallest absolute Gasteiger partial charge is 0.232 e. The monoisotopic (exact) mass is 298 g/mol. The largest absolute Gasteiger partial charge is 0.355 e. The van der Waals surface area contributed by atoms with E-state index in [1.807, 2.05) is 17.9 Å². The average Bonchev–Trinajstić information content (AvgIpc) is 3.06. The van der Waals surface area contributed by atoms with E-state index in [2.05, 4.69) is 20.0 Å². The van der Waals surface area contributed by atoms with E-state index in [9.17, 15) is 5.26 Å². The Morgan fingerprint density at radius 1 is 1.57 bits per heavy atom. The molecular formula is C14H11ClN6. The standard InChI is InChI=1S/C14H11ClN6/c1-3-9-10(4-16)13(15)19-14(12(9)17-2)21-6-8-5-18-20-11(8)7-21/h5H,3,6-7H2,1H3,(H,18,20). The van der Waals surface area contributed by atoms with Gasteiger partial charge in [-0.1, -0.05) is 18.5 Å². The molecule has 0 atom stereocenters. The van der Waals surface area contributed by atoms with Crippen LogP contribution in [0.3, 0.4) is 0 Å². The Labute approximate surface area is 126 Å². The molecular weight excluding hydrogens is 288 g/mol. The molecule has 7 heteroatoms. The summed E-state index contributed by atoms with van der Waals surface area (Å²) in [6.45, 7) is 10.6. The summed E-state index contributed by atoms with van der Waals surface area (Å²) in [4.78, 5) is 9.86. The Morgan fingerprint density at radius 3 is 3.00 bits per heavy atom. The zero-order chi connectivity index (χ0) is 15.0. The molecule has 0 saturated heterocycles. The van der Waals surface area contributed by atoms with Crippen LogP contribution in [0.4, 0.5) is 11.5 Å². The first-order chi connectivity index (χ1) is 10.2. The Hall–Kier alpha value is -2.57. The number of anilines is 1. The summed E-state index contributed by atoms with van der Waals surface area (Å²) in [5.74, 6) is 0.537. The maximum absolute atomic E-state index is 9.21. The van der Waals surface area contributed by atoms with E-state index in [1.54, 1.807) is 6.20 Å². The predicted molar refractivity (Wildman–Crippen MR) is 78.1 cm³/mol. The lowest BCUT2D eigenvalue weighted by Crippen LogP contribution is -2.18. The first kappa shape index (κ1) is 13.4.